The van der Waals surface area contributed by atoms with Gasteiger partial charge < -0.3 is 0 Å². The number of aryl methyl sites for hydroxylation is 1. The normalized spacial score (nSPS) is 11.0. The summed E-state index contributed by atoms with van der Waals surface area (Å²) >= 11 is 0. The van der Waals surface area contributed by atoms with Crippen LogP contribution in [0.5, 0.6) is 0 Å². The van der Waals surface area contributed by atoms with Crippen molar-refractivity contribution < 1.29 is 0 Å². The average Bonchev–Trinajstić information content (AvgIpc) is 2.29. The molecule has 3 rings (SSSR count). The predicted octanol–water partition coefficient (Wildman–Crippen LogP) is 3.09. The van der Waals surface area contributed by atoms with Crippen LogP contribution in [0.15, 0.2) is 42.9 Å². The largest absolute Gasteiger partial charge is 0.264 e. The van der Waals surface area contributed by atoms with Gasteiger partial charge in [-0.3, -0.25) is 9.97 Å². The molecule has 0 fully saturated rings. The van der Waals surface area contributed by atoms with Crippen LogP contribution in [0.2, 0.25) is 0 Å². The third kappa shape index (κ3) is 1.26. The lowest BCUT2D eigenvalue weighted by Gasteiger charge is -2.03. The van der Waals surface area contributed by atoms with Crippen LogP contribution >= 0.6 is 0 Å². The number of benzene rings is 1. The fraction of sp³-hybridized carbons (Fsp3) is 0.0769. The number of pyridine rings is 2. The highest BCUT2D eigenvalue weighted by Gasteiger charge is 2.00. The van der Waals surface area contributed by atoms with E-state index in [2.05, 4.69) is 35.1 Å². The van der Waals surface area contributed by atoms with Gasteiger partial charge in [-0.25, -0.2) is 0 Å². The summed E-state index contributed by atoms with van der Waals surface area (Å²) in [6.07, 6.45) is 5.61. The quantitative estimate of drug-likeness (QED) is 0.514. The van der Waals surface area contributed by atoms with Crippen molar-refractivity contribution in [2.45, 2.75) is 6.92 Å². The summed E-state index contributed by atoms with van der Waals surface area (Å²) in [5.41, 5.74) is 2.21. The van der Waals surface area contributed by atoms with Gasteiger partial charge in [-0.05, 0) is 36.1 Å². The van der Waals surface area contributed by atoms with E-state index >= 15 is 0 Å². The monoisotopic (exact) mass is 194 g/mol. The lowest BCUT2D eigenvalue weighted by molar-refractivity contribution is 1.33. The Balaban J connectivity index is 2.57. The van der Waals surface area contributed by atoms with Crippen LogP contribution in [0, 0.1) is 6.92 Å². The van der Waals surface area contributed by atoms with Gasteiger partial charge in [0.1, 0.15) is 0 Å². The van der Waals surface area contributed by atoms with Crippen LogP contribution < -0.4 is 0 Å². The van der Waals surface area contributed by atoms with Crippen LogP contribution in [0.25, 0.3) is 21.7 Å². The molecule has 0 atom stereocenters. The minimum atomic E-state index is 1.03. The smallest absolute Gasteiger partial charge is 0.0709 e. The molecule has 0 saturated carbocycles. The molecule has 3 aromatic rings. The molecule has 0 N–H and O–H groups in total. The summed E-state index contributed by atoms with van der Waals surface area (Å²) in [6.45, 7) is 2.06. The first-order valence-corrected chi connectivity index (χ1v) is 4.94. The molecule has 0 amide bonds. The predicted molar refractivity (Wildman–Crippen MR) is 61.8 cm³/mol. The first kappa shape index (κ1) is 8.36. The van der Waals surface area contributed by atoms with Crippen molar-refractivity contribution in [3.05, 3.63) is 48.4 Å². The number of aromatic nitrogens is 2. The summed E-state index contributed by atoms with van der Waals surface area (Å²) < 4.78 is 0. The van der Waals surface area contributed by atoms with Crippen molar-refractivity contribution in [3.8, 4) is 0 Å². The molecule has 15 heavy (non-hydrogen) atoms. The molecule has 0 radical (unpaired) electrons. The van der Waals surface area contributed by atoms with Crippen molar-refractivity contribution in [1.29, 1.82) is 0 Å². The number of rotatable bonds is 0. The zero-order chi connectivity index (χ0) is 10.3. The van der Waals surface area contributed by atoms with Gasteiger partial charge in [-0.15, -0.1) is 0 Å². The Hall–Kier alpha value is -1.96. The van der Waals surface area contributed by atoms with E-state index in [1.165, 1.54) is 21.7 Å². The SMILES string of the molecule is Cc1cnc2ccc3ccncc3c2c1. The van der Waals surface area contributed by atoms with E-state index in [0.717, 1.165) is 5.52 Å². The second kappa shape index (κ2) is 3.02. The van der Waals surface area contributed by atoms with E-state index in [0.29, 0.717) is 0 Å². The Kier molecular flexibility index (Phi) is 1.68. The Morgan fingerprint density at radius 2 is 1.93 bits per heavy atom. The van der Waals surface area contributed by atoms with Crippen LogP contribution in [-0.4, -0.2) is 9.97 Å². The van der Waals surface area contributed by atoms with Crippen molar-refractivity contribution in [2.24, 2.45) is 0 Å². The molecule has 0 bridgehead atoms. The molecule has 0 spiro atoms. The van der Waals surface area contributed by atoms with Gasteiger partial charge in [-0.2, -0.15) is 0 Å². The van der Waals surface area contributed by atoms with Gasteiger partial charge in [0.05, 0.1) is 5.52 Å². The molecule has 0 unspecified atom stereocenters. The Labute approximate surface area is 87.6 Å². The fourth-order valence-corrected chi connectivity index (χ4v) is 1.87. The van der Waals surface area contributed by atoms with E-state index in [-0.39, 0.29) is 0 Å². The molecule has 1 aromatic carbocycles. The van der Waals surface area contributed by atoms with E-state index < -0.39 is 0 Å². The summed E-state index contributed by atoms with van der Waals surface area (Å²) in [5.74, 6) is 0. The molecule has 2 nitrogen and oxygen atoms in total. The van der Waals surface area contributed by atoms with Gasteiger partial charge in [0.2, 0.25) is 0 Å². The van der Waals surface area contributed by atoms with Crippen LogP contribution in [-0.2, 0) is 0 Å². The molecule has 0 aliphatic heterocycles. The first-order chi connectivity index (χ1) is 7.34. The zero-order valence-electron chi connectivity index (χ0n) is 8.44. The molecule has 2 heteroatoms. The first-order valence-electron chi connectivity index (χ1n) is 4.94. The zero-order valence-corrected chi connectivity index (χ0v) is 8.44. The highest BCUT2D eigenvalue weighted by Crippen LogP contribution is 2.23. The Bertz CT molecular complexity index is 644. The third-order valence-corrected chi connectivity index (χ3v) is 2.62. The maximum atomic E-state index is 4.40. The lowest BCUT2D eigenvalue weighted by atomic mass is 10.1. The fourth-order valence-electron chi connectivity index (χ4n) is 1.87. The van der Waals surface area contributed by atoms with E-state index in [1.807, 2.05) is 24.7 Å². The molecule has 2 aromatic heterocycles. The van der Waals surface area contributed by atoms with E-state index in [4.69, 9.17) is 0 Å². The number of nitrogens with zero attached hydrogens (tertiary/aromatic N) is 2. The second-order valence-electron chi connectivity index (χ2n) is 3.74. The molecule has 0 aliphatic carbocycles. The topological polar surface area (TPSA) is 25.8 Å². The van der Waals surface area contributed by atoms with Crippen molar-refractivity contribution in [2.75, 3.05) is 0 Å². The van der Waals surface area contributed by atoms with Crippen LogP contribution in [0.3, 0.4) is 0 Å². The van der Waals surface area contributed by atoms with Crippen molar-refractivity contribution in [3.63, 3.8) is 0 Å². The van der Waals surface area contributed by atoms with Crippen molar-refractivity contribution in [1.82, 2.24) is 9.97 Å². The number of hydrogen-bond acceptors (Lipinski definition) is 2. The standard InChI is InChI=1S/C13H10N2/c1-9-6-11-12-8-14-5-4-10(12)2-3-13(11)15-7-9/h2-8H,1H3. The molecule has 0 aliphatic rings. The highest BCUT2D eigenvalue weighted by atomic mass is 14.7. The van der Waals surface area contributed by atoms with Gasteiger partial charge in [0.15, 0.2) is 0 Å². The summed E-state index contributed by atoms with van der Waals surface area (Å²) in [6, 6.07) is 8.32. The summed E-state index contributed by atoms with van der Waals surface area (Å²) in [7, 11) is 0. The van der Waals surface area contributed by atoms with Gasteiger partial charge in [-0.1, -0.05) is 6.07 Å². The van der Waals surface area contributed by atoms with E-state index in [9.17, 15) is 0 Å². The van der Waals surface area contributed by atoms with Gasteiger partial charge in [0, 0.05) is 29.4 Å². The minimum Gasteiger partial charge on any atom is -0.264 e. The van der Waals surface area contributed by atoms with Crippen LogP contribution in [0.1, 0.15) is 5.56 Å². The molecule has 0 saturated heterocycles. The van der Waals surface area contributed by atoms with Gasteiger partial charge >= 0.3 is 0 Å². The maximum absolute atomic E-state index is 4.40. The van der Waals surface area contributed by atoms with E-state index in [1.54, 1.807) is 0 Å². The van der Waals surface area contributed by atoms with Crippen molar-refractivity contribution >= 4 is 21.7 Å². The molecule has 72 valence electrons. The Morgan fingerprint density at radius 1 is 1.00 bits per heavy atom. The molecular weight excluding hydrogens is 184 g/mol. The third-order valence-electron chi connectivity index (χ3n) is 2.62. The highest BCUT2D eigenvalue weighted by molar-refractivity contribution is 6.05. The average molecular weight is 194 g/mol. The second-order valence-corrected chi connectivity index (χ2v) is 3.74. The maximum Gasteiger partial charge on any atom is 0.0709 e. The molecule has 2 heterocycles. The Morgan fingerprint density at radius 3 is 2.87 bits per heavy atom. The summed E-state index contributed by atoms with van der Waals surface area (Å²) in [4.78, 5) is 8.57. The minimum absolute atomic E-state index is 1.03. The summed E-state index contributed by atoms with van der Waals surface area (Å²) in [5, 5.41) is 3.57. The number of fused-ring (bicyclic) bond motifs is 3. The van der Waals surface area contributed by atoms with Crippen LogP contribution in [0.4, 0.5) is 0 Å². The number of hydrogen-bond donors (Lipinski definition) is 0. The lowest BCUT2D eigenvalue weighted by Crippen LogP contribution is -1.83. The van der Waals surface area contributed by atoms with Gasteiger partial charge in [0.25, 0.3) is 0 Å². The molecular formula is C13H10N2.